The van der Waals surface area contributed by atoms with Crippen molar-refractivity contribution in [1.82, 2.24) is 9.88 Å². The summed E-state index contributed by atoms with van der Waals surface area (Å²) in [5, 5.41) is 0. The van der Waals surface area contributed by atoms with Crippen LogP contribution in [0, 0.1) is 5.41 Å². The molecule has 1 amide bonds. The molecule has 0 radical (unpaired) electrons. The van der Waals surface area contributed by atoms with Crippen molar-refractivity contribution in [3.05, 3.63) is 24.0 Å². The molecule has 1 aliphatic rings. The number of carbonyl (C=O) groups is 1. The topological polar surface area (TPSA) is 71.2 Å². The fourth-order valence-electron chi connectivity index (χ4n) is 2.09. The summed E-state index contributed by atoms with van der Waals surface area (Å²) in [5.74, 6) is 5.29. The van der Waals surface area contributed by atoms with Gasteiger partial charge in [-0.15, -0.1) is 0 Å². The van der Waals surface area contributed by atoms with E-state index in [1.165, 1.54) is 0 Å². The van der Waals surface area contributed by atoms with E-state index in [-0.39, 0.29) is 11.3 Å². The lowest BCUT2D eigenvalue weighted by Crippen LogP contribution is -2.31. The lowest BCUT2D eigenvalue weighted by atomic mass is 9.93. The van der Waals surface area contributed by atoms with E-state index < -0.39 is 0 Å². The SMILES string of the molecule is CC1(C)CCN(C(=O)c2cc(NN)ccn2)C1. The summed E-state index contributed by atoms with van der Waals surface area (Å²) in [7, 11) is 0. The van der Waals surface area contributed by atoms with Gasteiger partial charge in [-0.2, -0.15) is 0 Å². The van der Waals surface area contributed by atoms with Crippen LogP contribution in [-0.4, -0.2) is 28.9 Å². The molecule has 1 aromatic heterocycles. The van der Waals surface area contributed by atoms with Gasteiger partial charge < -0.3 is 10.3 Å². The lowest BCUT2D eigenvalue weighted by molar-refractivity contribution is 0.0772. The number of carbonyl (C=O) groups excluding carboxylic acids is 1. The van der Waals surface area contributed by atoms with Crippen LogP contribution in [-0.2, 0) is 0 Å². The number of nitrogens with zero attached hydrogens (tertiary/aromatic N) is 2. The quantitative estimate of drug-likeness (QED) is 0.596. The number of nitrogens with one attached hydrogen (secondary N) is 1. The number of hydrogen-bond donors (Lipinski definition) is 2. The van der Waals surface area contributed by atoms with Crippen LogP contribution in [0.5, 0.6) is 0 Å². The van der Waals surface area contributed by atoms with Gasteiger partial charge in [-0.25, -0.2) is 0 Å². The van der Waals surface area contributed by atoms with Gasteiger partial charge in [-0.3, -0.25) is 15.6 Å². The van der Waals surface area contributed by atoms with Gasteiger partial charge in [0.25, 0.3) is 5.91 Å². The predicted molar refractivity (Wildman–Crippen MR) is 66.3 cm³/mol. The van der Waals surface area contributed by atoms with Crippen molar-refractivity contribution in [3.63, 3.8) is 0 Å². The Morgan fingerprint density at radius 2 is 2.35 bits per heavy atom. The fourth-order valence-corrected chi connectivity index (χ4v) is 2.09. The van der Waals surface area contributed by atoms with Crippen LogP contribution < -0.4 is 11.3 Å². The Kier molecular flexibility index (Phi) is 3.02. The first-order valence-corrected chi connectivity index (χ1v) is 5.74. The Bertz CT molecular complexity index is 430. The van der Waals surface area contributed by atoms with E-state index in [4.69, 9.17) is 5.84 Å². The summed E-state index contributed by atoms with van der Waals surface area (Å²) < 4.78 is 0. The van der Waals surface area contributed by atoms with E-state index in [1.807, 2.05) is 4.90 Å². The highest BCUT2D eigenvalue weighted by Crippen LogP contribution is 2.29. The summed E-state index contributed by atoms with van der Waals surface area (Å²) in [6, 6.07) is 3.40. The van der Waals surface area contributed by atoms with Gasteiger partial charge >= 0.3 is 0 Å². The zero-order valence-electron chi connectivity index (χ0n) is 10.2. The fraction of sp³-hybridized carbons (Fsp3) is 0.500. The molecule has 5 heteroatoms. The van der Waals surface area contributed by atoms with Crippen molar-refractivity contribution in [2.75, 3.05) is 18.5 Å². The zero-order chi connectivity index (χ0) is 12.5. The molecule has 0 spiro atoms. The van der Waals surface area contributed by atoms with Crippen LogP contribution in [0.15, 0.2) is 18.3 Å². The van der Waals surface area contributed by atoms with Crippen LogP contribution in [0.1, 0.15) is 30.8 Å². The van der Waals surface area contributed by atoms with E-state index in [1.54, 1.807) is 18.3 Å². The normalized spacial score (nSPS) is 18.2. The van der Waals surface area contributed by atoms with Crippen LogP contribution >= 0.6 is 0 Å². The molecule has 1 saturated heterocycles. The van der Waals surface area contributed by atoms with E-state index in [0.717, 1.165) is 19.5 Å². The number of rotatable bonds is 2. The number of nitrogen functional groups attached to an aromatic ring is 1. The minimum absolute atomic E-state index is 0.0207. The smallest absolute Gasteiger partial charge is 0.272 e. The van der Waals surface area contributed by atoms with Crippen molar-refractivity contribution in [3.8, 4) is 0 Å². The van der Waals surface area contributed by atoms with Crippen molar-refractivity contribution in [2.24, 2.45) is 11.3 Å². The third-order valence-electron chi connectivity index (χ3n) is 3.11. The van der Waals surface area contributed by atoms with Gasteiger partial charge in [0.15, 0.2) is 0 Å². The van der Waals surface area contributed by atoms with Crippen molar-refractivity contribution < 1.29 is 4.79 Å². The second kappa shape index (κ2) is 4.33. The van der Waals surface area contributed by atoms with Crippen molar-refractivity contribution >= 4 is 11.6 Å². The van der Waals surface area contributed by atoms with E-state index in [9.17, 15) is 4.79 Å². The molecule has 0 bridgehead atoms. The lowest BCUT2D eigenvalue weighted by Gasteiger charge is -2.19. The molecule has 1 fully saturated rings. The average molecular weight is 234 g/mol. The molecule has 5 nitrogen and oxygen atoms in total. The third kappa shape index (κ3) is 2.55. The number of anilines is 1. The number of likely N-dealkylation sites (tertiary alicyclic amines) is 1. The molecule has 92 valence electrons. The van der Waals surface area contributed by atoms with E-state index in [2.05, 4.69) is 24.3 Å². The number of hydrogen-bond acceptors (Lipinski definition) is 4. The summed E-state index contributed by atoms with van der Waals surface area (Å²) >= 11 is 0. The number of amides is 1. The summed E-state index contributed by atoms with van der Waals surface area (Å²) in [5.41, 5.74) is 3.86. The molecule has 0 aromatic carbocycles. The molecule has 2 heterocycles. The molecular formula is C12H18N4O. The third-order valence-corrected chi connectivity index (χ3v) is 3.11. The number of aromatic nitrogens is 1. The minimum atomic E-state index is -0.0207. The van der Waals surface area contributed by atoms with Crippen molar-refractivity contribution in [2.45, 2.75) is 20.3 Å². The highest BCUT2D eigenvalue weighted by atomic mass is 16.2. The molecule has 0 unspecified atom stereocenters. The van der Waals surface area contributed by atoms with Crippen LogP contribution in [0.3, 0.4) is 0 Å². The molecular weight excluding hydrogens is 216 g/mol. The maximum atomic E-state index is 12.2. The highest BCUT2D eigenvalue weighted by molar-refractivity contribution is 5.93. The van der Waals surface area contributed by atoms with E-state index >= 15 is 0 Å². The van der Waals surface area contributed by atoms with Crippen LogP contribution in [0.4, 0.5) is 5.69 Å². The first kappa shape index (κ1) is 11.9. The molecule has 1 aromatic rings. The first-order valence-electron chi connectivity index (χ1n) is 5.74. The Balaban J connectivity index is 2.15. The first-order chi connectivity index (χ1) is 8.02. The van der Waals surface area contributed by atoms with E-state index in [0.29, 0.717) is 11.4 Å². The summed E-state index contributed by atoms with van der Waals surface area (Å²) in [6.07, 6.45) is 2.62. The summed E-state index contributed by atoms with van der Waals surface area (Å²) in [4.78, 5) is 18.1. The van der Waals surface area contributed by atoms with Gasteiger partial charge in [0, 0.05) is 19.3 Å². The van der Waals surface area contributed by atoms with Gasteiger partial charge in [0.2, 0.25) is 0 Å². The van der Waals surface area contributed by atoms with Crippen LogP contribution in [0.2, 0.25) is 0 Å². The minimum Gasteiger partial charge on any atom is -0.337 e. The number of hydrazine groups is 1. The molecule has 2 rings (SSSR count). The van der Waals surface area contributed by atoms with Crippen LogP contribution in [0.25, 0.3) is 0 Å². The second-order valence-corrected chi connectivity index (χ2v) is 5.22. The predicted octanol–water partition coefficient (Wildman–Crippen LogP) is 1.24. The monoisotopic (exact) mass is 234 g/mol. The maximum Gasteiger partial charge on any atom is 0.272 e. The molecule has 17 heavy (non-hydrogen) atoms. The molecule has 3 N–H and O–H groups in total. The highest BCUT2D eigenvalue weighted by Gasteiger charge is 2.32. The maximum absolute atomic E-state index is 12.2. The number of nitrogens with two attached hydrogens (primary N) is 1. The molecule has 0 atom stereocenters. The second-order valence-electron chi connectivity index (χ2n) is 5.22. The standard InChI is InChI=1S/C12H18N4O/c1-12(2)4-6-16(8-12)11(17)10-7-9(15-13)3-5-14-10/h3,5,7H,4,6,8,13H2,1-2H3,(H,14,15). The molecule has 0 aliphatic carbocycles. The number of pyridine rings is 1. The molecule has 1 aliphatic heterocycles. The average Bonchev–Trinajstić information content (AvgIpc) is 2.69. The Morgan fingerprint density at radius 1 is 1.59 bits per heavy atom. The Morgan fingerprint density at radius 3 is 2.94 bits per heavy atom. The van der Waals surface area contributed by atoms with Gasteiger partial charge in [0.05, 0.1) is 5.69 Å². The van der Waals surface area contributed by atoms with Gasteiger partial charge in [0.1, 0.15) is 5.69 Å². The van der Waals surface area contributed by atoms with Gasteiger partial charge in [-0.1, -0.05) is 13.8 Å². The molecule has 0 saturated carbocycles. The Hall–Kier alpha value is -1.62. The summed E-state index contributed by atoms with van der Waals surface area (Å²) in [6.45, 7) is 5.93. The zero-order valence-corrected chi connectivity index (χ0v) is 10.2. The Labute approximate surface area is 101 Å². The van der Waals surface area contributed by atoms with Crippen molar-refractivity contribution in [1.29, 1.82) is 0 Å². The van der Waals surface area contributed by atoms with Gasteiger partial charge in [-0.05, 0) is 24.0 Å². The largest absolute Gasteiger partial charge is 0.337 e.